The normalized spacial score (nSPS) is 17.8. The van der Waals surface area contributed by atoms with Crippen LogP contribution in [0.15, 0.2) is 5.38 Å². The minimum absolute atomic E-state index is 0.0791. The van der Waals surface area contributed by atoms with E-state index in [4.69, 9.17) is 0 Å². The van der Waals surface area contributed by atoms with Crippen LogP contribution in [0.2, 0.25) is 0 Å². The highest BCUT2D eigenvalue weighted by molar-refractivity contribution is 7.09. The molecule has 1 aromatic heterocycles. The number of nitrogens with zero attached hydrogens (tertiary/aromatic N) is 2. The van der Waals surface area contributed by atoms with E-state index in [0.717, 1.165) is 10.7 Å². The van der Waals surface area contributed by atoms with Gasteiger partial charge in [-0.25, -0.2) is 9.78 Å². The fourth-order valence-electron chi connectivity index (χ4n) is 1.93. The molecule has 0 bridgehead atoms. The molecule has 4 amide bonds. The molecule has 0 spiro atoms. The number of urea groups is 1. The molecule has 1 atom stereocenters. The predicted octanol–water partition coefficient (Wildman–Crippen LogP) is 0.398. The molecular weight excluding hydrogens is 280 g/mol. The SMILES string of the molecule is Cc1nc(CN(C)C(=O)CC[C@@H]2NC(=O)NC2=O)cs1. The molecule has 0 saturated carbocycles. The summed E-state index contributed by atoms with van der Waals surface area (Å²) >= 11 is 1.54. The fourth-order valence-corrected chi connectivity index (χ4v) is 2.54. The van der Waals surface area contributed by atoms with Crippen LogP contribution in [0.3, 0.4) is 0 Å². The first-order chi connectivity index (χ1) is 9.45. The number of rotatable bonds is 5. The quantitative estimate of drug-likeness (QED) is 0.769. The summed E-state index contributed by atoms with van der Waals surface area (Å²) in [5.41, 5.74) is 0.857. The first kappa shape index (κ1) is 14.4. The van der Waals surface area contributed by atoms with Gasteiger partial charge in [-0.05, 0) is 13.3 Å². The van der Waals surface area contributed by atoms with Crippen LogP contribution in [-0.4, -0.2) is 40.8 Å². The van der Waals surface area contributed by atoms with Gasteiger partial charge in [0.1, 0.15) is 6.04 Å². The highest BCUT2D eigenvalue weighted by atomic mass is 32.1. The van der Waals surface area contributed by atoms with E-state index in [9.17, 15) is 14.4 Å². The van der Waals surface area contributed by atoms with E-state index < -0.39 is 12.1 Å². The Morgan fingerprint density at radius 1 is 1.50 bits per heavy atom. The minimum atomic E-state index is -0.610. The molecule has 2 rings (SSSR count). The number of aryl methyl sites for hydroxylation is 1. The predicted molar refractivity (Wildman–Crippen MR) is 73.0 cm³/mol. The Kier molecular flexibility index (Phi) is 4.33. The standard InChI is InChI=1S/C12H16N4O3S/c1-7-13-8(6-20-7)5-16(2)10(17)4-3-9-11(18)15-12(19)14-9/h6,9H,3-5H2,1-2H3,(H2,14,15,18,19)/t9-/m0/s1. The van der Waals surface area contributed by atoms with Gasteiger partial charge < -0.3 is 10.2 Å². The van der Waals surface area contributed by atoms with Gasteiger partial charge in [-0.2, -0.15) is 0 Å². The van der Waals surface area contributed by atoms with E-state index in [2.05, 4.69) is 15.6 Å². The molecule has 1 fully saturated rings. The Morgan fingerprint density at radius 3 is 2.80 bits per heavy atom. The average molecular weight is 296 g/mol. The van der Waals surface area contributed by atoms with Crippen molar-refractivity contribution in [2.45, 2.75) is 32.4 Å². The lowest BCUT2D eigenvalue weighted by Crippen LogP contribution is -2.32. The molecule has 8 heteroatoms. The first-order valence-corrected chi connectivity index (χ1v) is 7.10. The van der Waals surface area contributed by atoms with Crippen LogP contribution >= 0.6 is 11.3 Å². The van der Waals surface area contributed by atoms with Crippen LogP contribution in [0, 0.1) is 6.92 Å². The van der Waals surface area contributed by atoms with Crippen LogP contribution in [0.25, 0.3) is 0 Å². The van der Waals surface area contributed by atoms with E-state index >= 15 is 0 Å². The Labute approximate surface area is 120 Å². The van der Waals surface area contributed by atoms with E-state index in [1.807, 2.05) is 12.3 Å². The van der Waals surface area contributed by atoms with Crippen LogP contribution < -0.4 is 10.6 Å². The second-order valence-electron chi connectivity index (χ2n) is 4.66. The largest absolute Gasteiger partial charge is 0.340 e. The Bertz CT molecular complexity index is 543. The maximum Gasteiger partial charge on any atom is 0.322 e. The van der Waals surface area contributed by atoms with Crippen LogP contribution in [0.4, 0.5) is 4.79 Å². The van der Waals surface area contributed by atoms with Crippen molar-refractivity contribution in [1.29, 1.82) is 0 Å². The van der Waals surface area contributed by atoms with Gasteiger partial charge in [-0.15, -0.1) is 11.3 Å². The minimum Gasteiger partial charge on any atom is -0.340 e. The molecule has 7 nitrogen and oxygen atoms in total. The molecule has 0 unspecified atom stereocenters. The fraction of sp³-hybridized carbons (Fsp3) is 0.500. The number of thiazole rings is 1. The summed E-state index contributed by atoms with van der Waals surface area (Å²) < 4.78 is 0. The van der Waals surface area contributed by atoms with Crippen molar-refractivity contribution in [3.05, 3.63) is 16.1 Å². The first-order valence-electron chi connectivity index (χ1n) is 6.22. The summed E-state index contributed by atoms with van der Waals surface area (Å²) in [5, 5.41) is 7.49. The number of carbonyl (C=O) groups is 3. The smallest absolute Gasteiger partial charge is 0.322 e. The van der Waals surface area contributed by atoms with Gasteiger partial charge in [0, 0.05) is 18.8 Å². The number of hydrogen-bond donors (Lipinski definition) is 2. The Hall–Kier alpha value is -1.96. The summed E-state index contributed by atoms with van der Waals surface area (Å²) in [7, 11) is 1.70. The number of aromatic nitrogens is 1. The zero-order valence-electron chi connectivity index (χ0n) is 11.3. The van der Waals surface area contributed by atoms with Gasteiger partial charge in [-0.1, -0.05) is 0 Å². The second kappa shape index (κ2) is 6.00. The lowest BCUT2D eigenvalue weighted by Gasteiger charge is -2.16. The molecule has 0 aliphatic carbocycles. The van der Waals surface area contributed by atoms with Crippen molar-refractivity contribution in [2.24, 2.45) is 0 Å². The third-order valence-corrected chi connectivity index (χ3v) is 3.82. The summed E-state index contributed by atoms with van der Waals surface area (Å²) in [5.74, 6) is -0.454. The third-order valence-electron chi connectivity index (χ3n) is 3.00. The van der Waals surface area contributed by atoms with Crippen LogP contribution in [0.1, 0.15) is 23.5 Å². The zero-order valence-corrected chi connectivity index (χ0v) is 12.1. The van der Waals surface area contributed by atoms with Crippen molar-refractivity contribution < 1.29 is 14.4 Å². The lowest BCUT2D eigenvalue weighted by molar-refractivity contribution is -0.130. The molecule has 1 aliphatic rings. The lowest BCUT2D eigenvalue weighted by atomic mass is 10.1. The number of amides is 4. The Morgan fingerprint density at radius 2 is 2.25 bits per heavy atom. The van der Waals surface area contributed by atoms with E-state index in [-0.39, 0.29) is 18.2 Å². The summed E-state index contributed by atoms with van der Waals surface area (Å²) in [6.07, 6.45) is 0.509. The van der Waals surface area contributed by atoms with Crippen molar-refractivity contribution in [2.75, 3.05) is 7.05 Å². The topological polar surface area (TPSA) is 91.4 Å². The maximum atomic E-state index is 12.0. The van der Waals surface area contributed by atoms with Gasteiger partial charge in [0.15, 0.2) is 0 Å². The summed E-state index contributed by atoms with van der Waals surface area (Å²) in [6.45, 7) is 2.36. The van der Waals surface area contributed by atoms with Crippen molar-refractivity contribution >= 4 is 29.2 Å². The van der Waals surface area contributed by atoms with Gasteiger partial charge in [0.05, 0.1) is 17.2 Å². The number of nitrogens with one attached hydrogen (secondary N) is 2. The van der Waals surface area contributed by atoms with Gasteiger partial charge in [-0.3, -0.25) is 14.9 Å². The van der Waals surface area contributed by atoms with Crippen molar-refractivity contribution in [3.63, 3.8) is 0 Å². The molecule has 1 aliphatic heterocycles. The molecule has 2 N–H and O–H groups in total. The number of carbonyl (C=O) groups excluding carboxylic acids is 3. The van der Waals surface area contributed by atoms with Gasteiger partial charge in [0.25, 0.3) is 5.91 Å². The molecule has 0 aromatic carbocycles. The molecular formula is C12H16N4O3S. The van der Waals surface area contributed by atoms with Gasteiger partial charge >= 0.3 is 6.03 Å². The van der Waals surface area contributed by atoms with Gasteiger partial charge in [0.2, 0.25) is 5.91 Å². The maximum absolute atomic E-state index is 12.0. The molecule has 2 heterocycles. The molecule has 20 heavy (non-hydrogen) atoms. The molecule has 108 valence electrons. The number of hydrogen-bond acceptors (Lipinski definition) is 5. The summed E-state index contributed by atoms with van der Waals surface area (Å²) in [6, 6.07) is -1.11. The van der Waals surface area contributed by atoms with E-state index in [1.165, 1.54) is 0 Å². The van der Waals surface area contributed by atoms with Crippen molar-refractivity contribution in [3.8, 4) is 0 Å². The van der Waals surface area contributed by atoms with E-state index in [0.29, 0.717) is 13.0 Å². The van der Waals surface area contributed by atoms with Crippen LogP contribution in [0.5, 0.6) is 0 Å². The highest BCUT2D eigenvalue weighted by Gasteiger charge is 2.29. The number of imide groups is 1. The highest BCUT2D eigenvalue weighted by Crippen LogP contribution is 2.11. The molecule has 1 saturated heterocycles. The second-order valence-corrected chi connectivity index (χ2v) is 5.72. The molecule has 0 radical (unpaired) electrons. The average Bonchev–Trinajstić information content (AvgIpc) is 2.92. The van der Waals surface area contributed by atoms with E-state index in [1.54, 1.807) is 23.3 Å². The molecule has 1 aromatic rings. The summed E-state index contributed by atoms with van der Waals surface area (Å²) in [4.78, 5) is 40.1. The Balaban J connectivity index is 1.79. The van der Waals surface area contributed by atoms with Crippen LogP contribution in [-0.2, 0) is 16.1 Å². The zero-order chi connectivity index (χ0) is 14.7. The third kappa shape index (κ3) is 3.53. The monoisotopic (exact) mass is 296 g/mol. The van der Waals surface area contributed by atoms with Crippen molar-refractivity contribution in [1.82, 2.24) is 20.5 Å².